The smallest absolute Gasteiger partial charge is 0.238 e. The predicted octanol–water partition coefficient (Wildman–Crippen LogP) is 0.732. The van der Waals surface area contributed by atoms with Crippen molar-refractivity contribution in [1.82, 2.24) is 4.90 Å². The zero-order valence-electron chi connectivity index (χ0n) is 11.6. The molecule has 1 fully saturated rings. The van der Waals surface area contributed by atoms with Crippen LogP contribution in [0.2, 0.25) is 0 Å². The number of amides is 1. The highest BCUT2D eigenvalue weighted by Gasteiger charge is 2.21. The SMILES string of the molecule is Cc1ccc(F)cc1NC(=O)CN1CCOC(CN)C1. The number of ether oxygens (including phenoxy) is 1. The Morgan fingerprint density at radius 2 is 2.40 bits per heavy atom. The van der Waals surface area contributed by atoms with Crippen molar-refractivity contribution in [2.24, 2.45) is 5.73 Å². The Hall–Kier alpha value is -1.50. The van der Waals surface area contributed by atoms with Crippen LogP contribution >= 0.6 is 0 Å². The summed E-state index contributed by atoms with van der Waals surface area (Å²) in [7, 11) is 0. The van der Waals surface area contributed by atoms with Gasteiger partial charge in [0, 0.05) is 25.3 Å². The van der Waals surface area contributed by atoms with Crippen molar-refractivity contribution >= 4 is 11.6 Å². The van der Waals surface area contributed by atoms with Gasteiger partial charge in [-0.05, 0) is 24.6 Å². The lowest BCUT2D eigenvalue weighted by Crippen LogP contribution is -2.48. The number of anilines is 1. The number of nitrogens with zero attached hydrogens (tertiary/aromatic N) is 1. The number of aryl methyl sites for hydroxylation is 1. The highest BCUT2D eigenvalue weighted by Crippen LogP contribution is 2.16. The maximum absolute atomic E-state index is 13.2. The zero-order valence-corrected chi connectivity index (χ0v) is 11.6. The summed E-state index contributed by atoms with van der Waals surface area (Å²) in [6.07, 6.45) is -0.0209. The van der Waals surface area contributed by atoms with E-state index in [0.29, 0.717) is 31.9 Å². The second kappa shape index (κ2) is 6.78. The van der Waals surface area contributed by atoms with E-state index in [0.717, 1.165) is 5.56 Å². The van der Waals surface area contributed by atoms with E-state index in [4.69, 9.17) is 10.5 Å². The van der Waals surface area contributed by atoms with E-state index in [1.54, 1.807) is 6.07 Å². The van der Waals surface area contributed by atoms with Gasteiger partial charge in [0.05, 0.1) is 19.3 Å². The standard InChI is InChI=1S/C14H20FN3O2/c1-10-2-3-11(15)6-13(10)17-14(19)9-18-4-5-20-12(7-16)8-18/h2-3,6,12H,4-5,7-9,16H2,1H3,(H,17,19). The Kier molecular flexibility index (Phi) is 5.05. The summed E-state index contributed by atoms with van der Waals surface area (Å²) >= 11 is 0. The molecule has 5 nitrogen and oxygen atoms in total. The van der Waals surface area contributed by atoms with Crippen LogP contribution in [-0.2, 0) is 9.53 Å². The summed E-state index contributed by atoms with van der Waals surface area (Å²) in [4.78, 5) is 14.0. The number of nitrogens with two attached hydrogens (primary N) is 1. The zero-order chi connectivity index (χ0) is 14.5. The Labute approximate surface area is 117 Å². The average molecular weight is 281 g/mol. The summed E-state index contributed by atoms with van der Waals surface area (Å²) in [5, 5.41) is 2.74. The molecule has 1 saturated heterocycles. The first-order chi connectivity index (χ1) is 9.58. The molecule has 3 N–H and O–H groups in total. The minimum atomic E-state index is -0.361. The Morgan fingerprint density at radius 3 is 3.15 bits per heavy atom. The normalized spacial score (nSPS) is 19.9. The van der Waals surface area contributed by atoms with Crippen LogP contribution in [0.3, 0.4) is 0 Å². The second-order valence-electron chi connectivity index (χ2n) is 4.97. The van der Waals surface area contributed by atoms with E-state index < -0.39 is 0 Å². The number of hydrogen-bond donors (Lipinski definition) is 2. The van der Waals surface area contributed by atoms with E-state index in [1.165, 1.54) is 12.1 Å². The fourth-order valence-corrected chi connectivity index (χ4v) is 2.19. The van der Waals surface area contributed by atoms with Gasteiger partial charge in [-0.1, -0.05) is 6.07 Å². The fraction of sp³-hybridized carbons (Fsp3) is 0.500. The number of hydrogen-bond acceptors (Lipinski definition) is 4. The van der Waals surface area contributed by atoms with Crippen LogP contribution in [0.1, 0.15) is 5.56 Å². The van der Waals surface area contributed by atoms with Gasteiger partial charge in [-0.15, -0.1) is 0 Å². The topological polar surface area (TPSA) is 67.6 Å². The number of morpholine rings is 1. The third kappa shape index (κ3) is 4.00. The molecule has 0 saturated carbocycles. The maximum atomic E-state index is 13.2. The molecule has 1 amide bonds. The minimum Gasteiger partial charge on any atom is -0.374 e. The number of carbonyl (C=O) groups excluding carboxylic acids is 1. The highest BCUT2D eigenvalue weighted by atomic mass is 19.1. The lowest BCUT2D eigenvalue weighted by atomic mass is 10.2. The predicted molar refractivity (Wildman–Crippen MR) is 75.0 cm³/mol. The van der Waals surface area contributed by atoms with Crippen molar-refractivity contribution in [3.8, 4) is 0 Å². The molecule has 1 aromatic rings. The largest absolute Gasteiger partial charge is 0.374 e. The molecule has 1 atom stereocenters. The number of carbonyl (C=O) groups is 1. The summed E-state index contributed by atoms with van der Waals surface area (Å²) in [6, 6.07) is 4.35. The lowest BCUT2D eigenvalue weighted by Gasteiger charge is -2.31. The molecule has 0 aromatic heterocycles. The van der Waals surface area contributed by atoms with E-state index in [9.17, 15) is 9.18 Å². The van der Waals surface area contributed by atoms with E-state index >= 15 is 0 Å². The number of halogens is 1. The first kappa shape index (κ1) is 14.9. The third-order valence-electron chi connectivity index (χ3n) is 3.33. The van der Waals surface area contributed by atoms with E-state index in [1.807, 2.05) is 11.8 Å². The quantitative estimate of drug-likeness (QED) is 0.854. The van der Waals surface area contributed by atoms with Crippen molar-refractivity contribution in [3.05, 3.63) is 29.6 Å². The molecule has 2 rings (SSSR count). The molecular weight excluding hydrogens is 261 g/mol. The summed E-state index contributed by atoms with van der Waals surface area (Å²) in [5.74, 6) is -0.517. The van der Waals surface area contributed by atoms with Crippen LogP contribution in [0.4, 0.5) is 10.1 Å². The summed E-state index contributed by atoms with van der Waals surface area (Å²) in [5.41, 5.74) is 6.91. The Morgan fingerprint density at radius 1 is 1.60 bits per heavy atom. The Balaban J connectivity index is 1.90. The van der Waals surface area contributed by atoms with E-state index in [2.05, 4.69) is 5.32 Å². The van der Waals surface area contributed by atoms with Gasteiger partial charge in [-0.2, -0.15) is 0 Å². The van der Waals surface area contributed by atoms with Gasteiger partial charge < -0.3 is 15.8 Å². The van der Waals surface area contributed by atoms with Crippen molar-refractivity contribution < 1.29 is 13.9 Å². The van der Waals surface area contributed by atoms with Gasteiger partial charge in [0.25, 0.3) is 0 Å². The Bertz CT molecular complexity index is 481. The molecule has 1 aliphatic rings. The summed E-state index contributed by atoms with van der Waals surface area (Å²) in [6.45, 7) is 4.46. The molecule has 0 spiro atoms. The molecule has 110 valence electrons. The monoisotopic (exact) mass is 281 g/mol. The first-order valence-corrected chi connectivity index (χ1v) is 6.68. The molecule has 1 heterocycles. The van der Waals surface area contributed by atoms with Gasteiger partial charge in [0.15, 0.2) is 0 Å². The van der Waals surface area contributed by atoms with Crippen LogP contribution in [0, 0.1) is 12.7 Å². The maximum Gasteiger partial charge on any atom is 0.238 e. The van der Waals surface area contributed by atoms with Crippen molar-refractivity contribution in [2.45, 2.75) is 13.0 Å². The number of benzene rings is 1. The molecule has 6 heteroatoms. The fourth-order valence-electron chi connectivity index (χ4n) is 2.19. The summed E-state index contributed by atoms with van der Waals surface area (Å²) < 4.78 is 18.6. The van der Waals surface area contributed by atoms with Crippen LogP contribution in [0.15, 0.2) is 18.2 Å². The van der Waals surface area contributed by atoms with Crippen molar-refractivity contribution in [3.63, 3.8) is 0 Å². The minimum absolute atomic E-state index is 0.0209. The van der Waals surface area contributed by atoms with Crippen molar-refractivity contribution in [1.29, 1.82) is 0 Å². The van der Waals surface area contributed by atoms with Gasteiger partial charge in [0.2, 0.25) is 5.91 Å². The van der Waals surface area contributed by atoms with E-state index in [-0.39, 0.29) is 24.4 Å². The second-order valence-corrected chi connectivity index (χ2v) is 4.97. The third-order valence-corrected chi connectivity index (χ3v) is 3.33. The van der Waals surface area contributed by atoms with Crippen LogP contribution in [-0.4, -0.2) is 49.7 Å². The van der Waals surface area contributed by atoms with Crippen LogP contribution < -0.4 is 11.1 Å². The molecular formula is C14H20FN3O2. The first-order valence-electron chi connectivity index (χ1n) is 6.68. The lowest BCUT2D eigenvalue weighted by molar-refractivity contribution is -0.119. The van der Waals surface area contributed by atoms with Gasteiger partial charge in [-0.3, -0.25) is 9.69 Å². The number of rotatable bonds is 4. The molecule has 0 aliphatic carbocycles. The molecule has 1 unspecified atom stereocenters. The molecule has 20 heavy (non-hydrogen) atoms. The highest BCUT2D eigenvalue weighted by molar-refractivity contribution is 5.92. The molecule has 0 bridgehead atoms. The molecule has 1 aromatic carbocycles. The molecule has 0 radical (unpaired) electrons. The van der Waals surface area contributed by atoms with Crippen LogP contribution in [0.5, 0.6) is 0 Å². The van der Waals surface area contributed by atoms with Gasteiger partial charge >= 0.3 is 0 Å². The molecule has 1 aliphatic heterocycles. The van der Waals surface area contributed by atoms with Crippen LogP contribution in [0.25, 0.3) is 0 Å². The van der Waals surface area contributed by atoms with Gasteiger partial charge in [0.1, 0.15) is 5.82 Å². The van der Waals surface area contributed by atoms with Gasteiger partial charge in [-0.25, -0.2) is 4.39 Å². The number of nitrogens with one attached hydrogen (secondary N) is 1. The average Bonchev–Trinajstić information content (AvgIpc) is 2.43. The van der Waals surface area contributed by atoms with Crippen molar-refractivity contribution in [2.75, 3.05) is 38.1 Å².